The van der Waals surface area contributed by atoms with E-state index in [0.717, 1.165) is 0 Å². The fourth-order valence-corrected chi connectivity index (χ4v) is 2.06. The van der Waals surface area contributed by atoms with Gasteiger partial charge in [0, 0.05) is 11.8 Å². The molecule has 0 bridgehead atoms. The van der Waals surface area contributed by atoms with Crippen LogP contribution in [0.5, 0.6) is 5.88 Å². The highest BCUT2D eigenvalue weighted by molar-refractivity contribution is 5.53. The molecule has 0 aliphatic rings. The van der Waals surface area contributed by atoms with Crippen LogP contribution in [0.4, 0.5) is 14.5 Å². The summed E-state index contributed by atoms with van der Waals surface area (Å²) in [4.78, 5) is 4.12. The summed E-state index contributed by atoms with van der Waals surface area (Å²) in [5.74, 6) is -0.410. The topological polar surface area (TPSA) is 34.1 Å². The minimum atomic E-state index is -0.434. The fourth-order valence-electron chi connectivity index (χ4n) is 2.06. The molecular formula is C16H18F2N2O. The molecule has 1 aromatic heterocycles. The molecule has 1 heterocycles. The van der Waals surface area contributed by atoms with Gasteiger partial charge in [-0.25, -0.2) is 13.8 Å². The van der Waals surface area contributed by atoms with E-state index in [1.54, 1.807) is 25.3 Å². The van der Waals surface area contributed by atoms with Crippen molar-refractivity contribution in [1.82, 2.24) is 4.98 Å². The monoisotopic (exact) mass is 292 g/mol. The third-order valence-electron chi connectivity index (χ3n) is 3.17. The number of pyridine rings is 1. The van der Waals surface area contributed by atoms with Crippen molar-refractivity contribution in [2.45, 2.75) is 26.8 Å². The van der Waals surface area contributed by atoms with E-state index in [4.69, 9.17) is 4.74 Å². The lowest BCUT2D eigenvalue weighted by atomic mass is 10.0. The molecule has 1 aromatic carbocycles. The minimum Gasteiger partial charge on any atom is -0.476 e. The summed E-state index contributed by atoms with van der Waals surface area (Å²) in [6.07, 6.45) is 1.62. The van der Waals surface area contributed by atoms with E-state index in [0.29, 0.717) is 23.7 Å². The van der Waals surface area contributed by atoms with Gasteiger partial charge in [-0.15, -0.1) is 0 Å². The number of ether oxygens (including phenoxy) is 1. The minimum absolute atomic E-state index is 0.268. The number of anilines is 1. The van der Waals surface area contributed by atoms with Crippen molar-refractivity contribution in [2.75, 3.05) is 11.9 Å². The van der Waals surface area contributed by atoms with E-state index in [1.807, 2.05) is 6.92 Å². The van der Waals surface area contributed by atoms with Gasteiger partial charge < -0.3 is 10.1 Å². The van der Waals surface area contributed by atoms with Crippen LogP contribution >= 0.6 is 0 Å². The Bertz CT molecular complexity index is 632. The number of rotatable bonds is 5. The highest BCUT2D eigenvalue weighted by Gasteiger charge is 2.15. The summed E-state index contributed by atoms with van der Waals surface area (Å²) >= 11 is 0. The summed E-state index contributed by atoms with van der Waals surface area (Å²) < 4.78 is 33.0. The molecule has 2 rings (SSSR count). The molecule has 0 fully saturated rings. The van der Waals surface area contributed by atoms with Crippen molar-refractivity contribution in [3.63, 3.8) is 0 Å². The molecule has 1 N–H and O–H groups in total. The number of halogens is 2. The first-order valence-corrected chi connectivity index (χ1v) is 6.82. The van der Waals surface area contributed by atoms with Crippen LogP contribution < -0.4 is 10.1 Å². The molecule has 0 spiro atoms. The zero-order valence-corrected chi connectivity index (χ0v) is 12.3. The average Bonchev–Trinajstić information content (AvgIpc) is 2.45. The molecule has 0 aliphatic heterocycles. The Morgan fingerprint density at radius 3 is 2.76 bits per heavy atom. The highest BCUT2D eigenvalue weighted by Crippen LogP contribution is 2.28. The summed E-state index contributed by atoms with van der Waals surface area (Å²) in [6.45, 7) is 5.63. The van der Waals surface area contributed by atoms with Crippen molar-refractivity contribution < 1.29 is 13.5 Å². The Labute approximate surface area is 123 Å². The number of benzene rings is 1. The van der Waals surface area contributed by atoms with E-state index in [-0.39, 0.29) is 5.56 Å². The second-order valence-electron chi connectivity index (χ2n) is 4.78. The Morgan fingerprint density at radius 2 is 2.05 bits per heavy atom. The smallest absolute Gasteiger partial charge is 0.237 e. The van der Waals surface area contributed by atoms with Crippen LogP contribution in [0.2, 0.25) is 0 Å². The number of hydrogen-bond donors (Lipinski definition) is 1. The molecule has 1 atom stereocenters. The van der Waals surface area contributed by atoms with Gasteiger partial charge in [-0.3, -0.25) is 0 Å². The van der Waals surface area contributed by atoms with Crippen LogP contribution in [-0.2, 0) is 0 Å². The molecule has 112 valence electrons. The lowest BCUT2D eigenvalue weighted by molar-refractivity contribution is 0.328. The molecule has 3 nitrogen and oxygen atoms in total. The number of hydrogen-bond acceptors (Lipinski definition) is 3. The number of nitrogens with zero attached hydrogens (tertiary/aromatic N) is 1. The van der Waals surface area contributed by atoms with Crippen molar-refractivity contribution in [2.24, 2.45) is 0 Å². The van der Waals surface area contributed by atoms with E-state index in [2.05, 4.69) is 10.3 Å². The van der Waals surface area contributed by atoms with Crippen molar-refractivity contribution in [3.05, 3.63) is 53.2 Å². The van der Waals surface area contributed by atoms with Crippen LogP contribution in [0.3, 0.4) is 0 Å². The zero-order chi connectivity index (χ0) is 15.4. The van der Waals surface area contributed by atoms with Gasteiger partial charge in [-0.2, -0.15) is 0 Å². The highest BCUT2D eigenvalue weighted by atomic mass is 19.1. The molecule has 1 unspecified atom stereocenters. The number of aromatic nitrogens is 1. The van der Waals surface area contributed by atoms with E-state index < -0.39 is 17.7 Å². The van der Waals surface area contributed by atoms with Gasteiger partial charge in [-0.1, -0.05) is 0 Å². The van der Waals surface area contributed by atoms with E-state index in [9.17, 15) is 8.78 Å². The maximum atomic E-state index is 14.0. The van der Waals surface area contributed by atoms with Crippen molar-refractivity contribution in [1.29, 1.82) is 0 Å². The van der Waals surface area contributed by atoms with Crippen LogP contribution in [0, 0.1) is 18.6 Å². The van der Waals surface area contributed by atoms with Gasteiger partial charge in [0.25, 0.3) is 0 Å². The van der Waals surface area contributed by atoms with Gasteiger partial charge >= 0.3 is 0 Å². The van der Waals surface area contributed by atoms with Gasteiger partial charge in [-0.05, 0) is 50.6 Å². The Morgan fingerprint density at radius 1 is 1.29 bits per heavy atom. The quantitative estimate of drug-likeness (QED) is 0.895. The predicted molar refractivity (Wildman–Crippen MR) is 78.5 cm³/mol. The van der Waals surface area contributed by atoms with Crippen molar-refractivity contribution in [3.8, 4) is 5.88 Å². The molecule has 21 heavy (non-hydrogen) atoms. The zero-order valence-electron chi connectivity index (χ0n) is 12.3. The predicted octanol–water partition coefficient (Wildman–Crippen LogP) is 4.24. The first-order chi connectivity index (χ1) is 10.0. The first kappa shape index (κ1) is 15.2. The summed E-state index contributed by atoms with van der Waals surface area (Å²) in [6, 6.07) is 5.55. The van der Waals surface area contributed by atoms with Gasteiger partial charge in [0.05, 0.1) is 18.3 Å². The lowest BCUT2D eigenvalue weighted by Gasteiger charge is -2.18. The normalized spacial score (nSPS) is 12.0. The third-order valence-corrected chi connectivity index (χ3v) is 3.17. The fraction of sp³-hybridized carbons (Fsp3) is 0.312. The maximum absolute atomic E-state index is 14.0. The molecule has 5 heteroatoms. The van der Waals surface area contributed by atoms with Gasteiger partial charge in [0.15, 0.2) is 0 Å². The maximum Gasteiger partial charge on any atom is 0.237 e. The summed E-state index contributed by atoms with van der Waals surface area (Å²) in [7, 11) is 0. The Kier molecular flexibility index (Phi) is 4.73. The summed E-state index contributed by atoms with van der Waals surface area (Å²) in [5.41, 5.74) is 1.21. The Balaban J connectivity index is 2.26. The average molecular weight is 292 g/mol. The molecule has 0 radical (unpaired) electrons. The van der Waals surface area contributed by atoms with Crippen LogP contribution in [-0.4, -0.2) is 11.6 Å². The second kappa shape index (κ2) is 6.52. The van der Waals surface area contributed by atoms with Crippen LogP contribution in [0.25, 0.3) is 0 Å². The van der Waals surface area contributed by atoms with E-state index in [1.165, 1.54) is 19.1 Å². The SMILES string of the molecule is CCOc1ncccc1NC(C)c1cc(F)c(C)cc1F. The third kappa shape index (κ3) is 3.48. The Hall–Kier alpha value is -2.17. The van der Waals surface area contributed by atoms with Gasteiger partial charge in [0.1, 0.15) is 11.6 Å². The first-order valence-electron chi connectivity index (χ1n) is 6.82. The molecule has 0 saturated heterocycles. The molecular weight excluding hydrogens is 274 g/mol. The number of nitrogens with one attached hydrogen (secondary N) is 1. The van der Waals surface area contributed by atoms with Crippen LogP contribution in [0.1, 0.15) is 31.0 Å². The molecule has 2 aromatic rings. The standard InChI is InChI=1S/C16H18F2N2O/c1-4-21-16-15(6-5-7-19-16)20-11(3)12-9-13(17)10(2)8-14(12)18/h5-9,11,20H,4H2,1-3H3. The number of aryl methyl sites for hydroxylation is 1. The largest absolute Gasteiger partial charge is 0.476 e. The van der Waals surface area contributed by atoms with Crippen LogP contribution in [0.15, 0.2) is 30.5 Å². The summed E-state index contributed by atoms with van der Waals surface area (Å²) in [5, 5.41) is 3.10. The molecule has 0 saturated carbocycles. The molecule has 0 aliphatic carbocycles. The van der Waals surface area contributed by atoms with E-state index >= 15 is 0 Å². The van der Waals surface area contributed by atoms with Crippen molar-refractivity contribution >= 4 is 5.69 Å². The van der Waals surface area contributed by atoms with Gasteiger partial charge in [0.2, 0.25) is 5.88 Å². The lowest BCUT2D eigenvalue weighted by Crippen LogP contribution is -2.11. The molecule has 0 amide bonds. The second-order valence-corrected chi connectivity index (χ2v) is 4.78.